The van der Waals surface area contributed by atoms with Crippen LogP contribution in [0, 0.1) is 0 Å². The second-order valence-electron chi connectivity index (χ2n) is 3.93. The molecule has 0 radical (unpaired) electrons. The van der Waals surface area contributed by atoms with E-state index in [2.05, 4.69) is 0 Å². The van der Waals surface area contributed by atoms with Gasteiger partial charge in [0.15, 0.2) is 0 Å². The lowest BCUT2D eigenvalue weighted by Gasteiger charge is -2.28. The van der Waals surface area contributed by atoms with Crippen molar-refractivity contribution in [3.8, 4) is 0 Å². The summed E-state index contributed by atoms with van der Waals surface area (Å²) in [6.07, 6.45) is 1.51. The number of carboxylic acids is 1. The van der Waals surface area contributed by atoms with Crippen molar-refractivity contribution in [1.82, 2.24) is 0 Å². The Morgan fingerprint density at radius 3 is 2.38 bits per heavy atom. The van der Waals surface area contributed by atoms with Crippen molar-refractivity contribution in [2.75, 3.05) is 6.61 Å². The SMILES string of the molecule is CCC(CCCO)(C(=O)O)c1ccccc1. The van der Waals surface area contributed by atoms with Gasteiger partial charge in [0.1, 0.15) is 0 Å². The van der Waals surface area contributed by atoms with E-state index in [0.29, 0.717) is 19.3 Å². The van der Waals surface area contributed by atoms with E-state index >= 15 is 0 Å². The highest BCUT2D eigenvalue weighted by Gasteiger charge is 2.37. The molecule has 0 heterocycles. The summed E-state index contributed by atoms with van der Waals surface area (Å²) in [6, 6.07) is 9.26. The topological polar surface area (TPSA) is 57.5 Å². The second kappa shape index (κ2) is 5.66. The zero-order valence-corrected chi connectivity index (χ0v) is 9.52. The van der Waals surface area contributed by atoms with E-state index in [1.807, 2.05) is 37.3 Å². The molecule has 0 aliphatic carbocycles. The molecule has 1 aromatic rings. The van der Waals surface area contributed by atoms with Gasteiger partial charge in [-0.1, -0.05) is 37.3 Å². The third-order valence-electron chi connectivity index (χ3n) is 3.10. The van der Waals surface area contributed by atoms with E-state index in [1.165, 1.54) is 0 Å². The fourth-order valence-corrected chi connectivity index (χ4v) is 2.04. The minimum absolute atomic E-state index is 0.0296. The van der Waals surface area contributed by atoms with Crippen molar-refractivity contribution >= 4 is 5.97 Å². The standard InChI is InChI=1S/C13H18O3/c1-2-13(12(15)16,9-6-10-14)11-7-4-3-5-8-11/h3-5,7-8,14H,2,6,9-10H2,1H3,(H,15,16). The van der Waals surface area contributed by atoms with Crippen LogP contribution in [-0.2, 0) is 10.2 Å². The number of hydrogen-bond acceptors (Lipinski definition) is 2. The predicted octanol–water partition coefficient (Wildman–Crippen LogP) is 2.19. The highest BCUT2D eigenvalue weighted by atomic mass is 16.4. The first kappa shape index (κ1) is 12.7. The molecular weight excluding hydrogens is 204 g/mol. The molecule has 3 nitrogen and oxygen atoms in total. The van der Waals surface area contributed by atoms with Gasteiger partial charge >= 0.3 is 5.97 Å². The summed E-state index contributed by atoms with van der Waals surface area (Å²) in [5.74, 6) is -0.811. The largest absolute Gasteiger partial charge is 0.481 e. The maximum atomic E-state index is 11.5. The minimum Gasteiger partial charge on any atom is -0.481 e. The Balaban J connectivity index is 3.07. The molecule has 1 aromatic carbocycles. The van der Waals surface area contributed by atoms with Gasteiger partial charge < -0.3 is 10.2 Å². The molecule has 0 aromatic heterocycles. The van der Waals surface area contributed by atoms with Crippen molar-refractivity contribution in [2.45, 2.75) is 31.6 Å². The molecule has 1 atom stereocenters. The van der Waals surface area contributed by atoms with Crippen LogP contribution < -0.4 is 0 Å². The highest BCUT2D eigenvalue weighted by molar-refractivity contribution is 5.81. The molecule has 88 valence electrons. The summed E-state index contributed by atoms with van der Waals surface area (Å²) in [7, 11) is 0. The van der Waals surface area contributed by atoms with Gasteiger partial charge in [0.25, 0.3) is 0 Å². The molecule has 0 aliphatic rings. The summed E-state index contributed by atoms with van der Waals surface area (Å²) in [5, 5.41) is 18.3. The molecule has 0 fully saturated rings. The molecule has 0 spiro atoms. The molecule has 3 heteroatoms. The van der Waals surface area contributed by atoms with Gasteiger partial charge in [-0.2, -0.15) is 0 Å². The average Bonchev–Trinajstić information content (AvgIpc) is 2.31. The number of carboxylic acid groups (broad SMARTS) is 1. The summed E-state index contributed by atoms with van der Waals surface area (Å²) in [4.78, 5) is 11.5. The first-order valence-electron chi connectivity index (χ1n) is 5.57. The Morgan fingerprint density at radius 2 is 1.94 bits per heavy atom. The van der Waals surface area contributed by atoms with E-state index in [1.54, 1.807) is 0 Å². The third kappa shape index (κ3) is 2.42. The van der Waals surface area contributed by atoms with E-state index in [9.17, 15) is 9.90 Å². The first-order valence-corrected chi connectivity index (χ1v) is 5.57. The number of hydrogen-bond donors (Lipinski definition) is 2. The molecule has 0 saturated carbocycles. The van der Waals surface area contributed by atoms with Crippen LogP contribution in [-0.4, -0.2) is 22.8 Å². The molecule has 16 heavy (non-hydrogen) atoms. The number of benzene rings is 1. The molecule has 0 saturated heterocycles. The lowest BCUT2D eigenvalue weighted by molar-refractivity contribution is -0.144. The monoisotopic (exact) mass is 222 g/mol. The molecule has 0 aliphatic heterocycles. The van der Waals surface area contributed by atoms with Crippen molar-refractivity contribution in [1.29, 1.82) is 0 Å². The Morgan fingerprint density at radius 1 is 1.31 bits per heavy atom. The van der Waals surface area contributed by atoms with Gasteiger partial charge in [-0.15, -0.1) is 0 Å². The van der Waals surface area contributed by atoms with Gasteiger partial charge in [-0.05, 0) is 24.8 Å². The van der Waals surface area contributed by atoms with E-state index in [0.717, 1.165) is 5.56 Å². The Labute approximate surface area is 95.7 Å². The van der Waals surface area contributed by atoms with Crippen LogP contribution in [0.5, 0.6) is 0 Å². The molecule has 2 N–H and O–H groups in total. The second-order valence-corrected chi connectivity index (χ2v) is 3.93. The Kier molecular flexibility index (Phi) is 4.50. The smallest absolute Gasteiger partial charge is 0.314 e. The number of rotatable bonds is 6. The zero-order chi connectivity index (χ0) is 12.0. The van der Waals surface area contributed by atoms with Gasteiger partial charge in [-0.25, -0.2) is 0 Å². The van der Waals surface area contributed by atoms with E-state index in [4.69, 9.17) is 5.11 Å². The summed E-state index contributed by atoms with van der Waals surface area (Å²) in [6.45, 7) is 1.90. The van der Waals surface area contributed by atoms with Gasteiger partial charge in [0, 0.05) is 6.61 Å². The fourth-order valence-electron chi connectivity index (χ4n) is 2.04. The zero-order valence-electron chi connectivity index (χ0n) is 9.52. The molecule has 1 rings (SSSR count). The summed E-state index contributed by atoms with van der Waals surface area (Å²) >= 11 is 0. The normalized spacial score (nSPS) is 14.4. The van der Waals surface area contributed by atoms with Crippen LogP contribution in [0.3, 0.4) is 0 Å². The molecule has 0 bridgehead atoms. The van der Waals surface area contributed by atoms with Gasteiger partial charge in [0.05, 0.1) is 5.41 Å². The van der Waals surface area contributed by atoms with Crippen molar-refractivity contribution in [3.63, 3.8) is 0 Å². The summed E-state index contributed by atoms with van der Waals surface area (Å²) < 4.78 is 0. The van der Waals surface area contributed by atoms with E-state index < -0.39 is 11.4 Å². The maximum absolute atomic E-state index is 11.5. The molecule has 0 amide bonds. The fraction of sp³-hybridized carbons (Fsp3) is 0.462. The maximum Gasteiger partial charge on any atom is 0.314 e. The number of carbonyl (C=O) groups is 1. The van der Waals surface area contributed by atoms with Crippen LogP contribution >= 0.6 is 0 Å². The lowest BCUT2D eigenvalue weighted by Crippen LogP contribution is -2.35. The Hall–Kier alpha value is -1.35. The number of aliphatic hydroxyl groups is 1. The third-order valence-corrected chi connectivity index (χ3v) is 3.10. The van der Waals surface area contributed by atoms with Crippen LogP contribution in [0.15, 0.2) is 30.3 Å². The number of aliphatic carboxylic acids is 1. The van der Waals surface area contributed by atoms with Crippen LogP contribution in [0.1, 0.15) is 31.7 Å². The van der Waals surface area contributed by atoms with Crippen molar-refractivity contribution in [2.24, 2.45) is 0 Å². The van der Waals surface area contributed by atoms with Gasteiger partial charge in [-0.3, -0.25) is 4.79 Å². The minimum atomic E-state index is -0.857. The predicted molar refractivity (Wildman–Crippen MR) is 62.4 cm³/mol. The lowest BCUT2D eigenvalue weighted by atomic mass is 9.74. The van der Waals surface area contributed by atoms with Crippen molar-refractivity contribution in [3.05, 3.63) is 35.9 Å². The van der Waals surface area contributed by atoms with Crippen LogP contribution in [0.25, 0.3) is 0 Å². The van der Waals surface area contributed by atoms with E-state index in [-0.39, 0.29) is 6.61 Å². The molecular formula is C13H18O3. The highest BCUT2D eigenvalue weighted by Crippen LogP contribution is 2.33. The van der Waals surface area contributed by atoms with Crippen LogP contribution in [0.4, 0.5) is 0 Å². The van der Waals surface area contributed by atoms with Gasteiger partial charge in [0.2, 0.25) is 0 Å². The molecule has 1 unspecified atom stereocenters. The number of aliphatic hydroxyl groups excluding tert-OH is 1. The van der Waals surface area contributed by atoms with Crippen LogP contribution in [0.2, 0.25) is 0 Å². The average molecular weight is 222 g/mol. The summed E-state index contributed by atoms with van der Waals surface area (Å²) in [5.41, 5.74) is -0.0391. The first-order chi connectivity index (χ1) is 7.67. The quantitative estimate of drug-likeness (QED) is 0.775. The Bertz CT molecular complexity index is 334. The van der Waals surface area contributed by atoms with Crippen molar-refractivity contribution < 1.29 is 15.0 Å².